The average Bonchev–Trinajstić information content (AvgIpc) is 2.50. The second-order valence-electron chi connectivity index (χ2n) is 4.99. The summed E-state index contributed by atoms with van der Waals surface area (Å²) in [6.07, 6.45) is 6.87. The molecular formula is C16H20ClNO2. The number of piperidine rings is 1. The van der Waals surface area contributed by atoms with Crippen molar-refractivity contribution in [2.75, 3.05) is 13.7 Å². The lowest BCUT2D eigenvalue weighted by Crippen LogP contribution is -2.38. The molecule has 0 unspecified atom stereocenters. The van der Waals surface area contributed by atoms with Gasteiger partial charge in [-0.3, -0.25) is 0 Å². The Morgan fingerprint density at radius 2 is 2.25 bits per heavy atom. The molecule has 1 aliphatic heterocycles. The van der Waals surface area contributed by atoms with Crippen LogP contribution in [-0.4, -0.2) is 25.7 Å². The Hall–Kier alpha value is -1.32. The molecule has 1 N–H and O–H groups in total. The van der Waals surface area contributed by atoms with Crippen molar-refractivity contribution in [3.63, 3.8) is 0 Å². The number of carbonyl (C=O) groups is 1. The van der Waals surface area contributed by atoms with E-state index in [0.29, 0.717) is 6.04 Å². The van der Waals surface area contributed by atoms with Crippen molar-refractivity contribution in [2.24, 2.45) is 0 Å². The quantitative estimate of drug-likeness (QED) is 0.684. The fraction of sp³-hybridized carbons (Fsp3) is 0.438. The van der Waals surface area contributed by atoms with Crippen molar-refractivity contribution < 1.29 is 9.53 Å². The monoisotopic (exact) mass is 293 g/mol. The minimum Gasteiger partial charge on any atom is -0.466 e. The molecule has 108 valence electrons. The number of esters is 1. The predicted octanol–water partition coefficient (Wildman–Crippen LogP) is 3.29. The zero-order valence-corrected chi connectivity index (χ0v) is 12.4. The number of rotatable bonds is 4. The van der Waals surface area contributed by atoms with E-state index in [0.717, 1.165) is 23.6 Å². The van der Waals surface area contributed by atoms with E-state index >= 15 is 0 Å². The highest BCUT2D eigenvalue weighted by atomic mass is 35.5. The molecule has 0 aromatic heterocycles. The van der Waals surface area contributed by atoms with Crippen LogP contribution in [0.5, 0.6) is 0 Å². The number of methoxy groups -OCH3 is 1. The predicted molar refractivity (Wildman–Crippen MR) is 81.0 cm³/mol. The van der Waals surface area contributed by atoms with E-state index < -0.39 is 0 Å². The molecule has 0 bridgehead atoms. The number of nitrogens with one attached hydrogen (secondary N) is 1. The number of benzene rings is 1. The van der Waals surface area contributed by atoms with Crippen LogP contribution in [0.2, 0.25) is 5.02 Å². The van der Waals surface area contributed by atoms with Gasteiger partial charge in [0.1, 0.15) is 0 Å². The number of hydrogen-bond donors (Lipinski definition) is 1. The molecule has 0 spiro atoms. The number of carbonyl (C=O) groups excluding carboxylic acids is 1. The molecule has 4 heteroatoms. The third-order valence-corrected chi connectivity index (χ3v) is 4.03. The standard InChI is InChI=1S/C16H20ClNO2/c1-20-16(19)10-9-13(15-8-4-5-11-18-15)12-6-2-3-7-14(12)17/h2-3,6-7,9-10,13,15,18H,4-5,8,11H2,1H3/b10-9+/t13-,15-/m1/s1. The van der Waals surface area contributed by atoms with Gasteiger partial charge in [0.05, 0.1) is 7.11 Å². The van der Waals surface area contributed by atoms with Gasteiger partial charge >= 0.3 is 5.97 Å². The van der Waals surface area contributed by atoms with E-state index in [1.54, 1.807) is 0 Å². The molecule has 1 heterocycles. The van der Waals surface area contributed by atoms with Crippen LogP contribution in [0.1, 0.15) is 30.7 Å². The number of ether oxygens (including phenoxy) is 1. The van der Waals surface area contributed by atoms with Gasteiger partial charge in [-0.15, -0.1) is 0 Å². The van der Waals surface area contributed by atoms with Crippen molar-refractivity contribution in [1.29, 1.82) is 0 Å². The summed E-state index contributed by atoms with van der Waals surface area (Å²) in [7, 11) is 1.38. The van der Waals surface area contributed by atoms with E-state index in [-0.39, 0.29) is 11.9 Å². The van der Waals surface area contributed by atoms with Crippen molar-refractivity contribution in [3.05, 3.63) is 47.0 Å². The first-order chi connectivity index (χ1) is 9.72. The van der Waals surface area contributed by atoms with Crippen molar-refractivity contribution in [3.8, 4) is 0 Å². The molecule has 0 saturated carbocycles. The highest BCUT2D eigenvalue weighted by molar-refractivity contribution is 6.31. The van der Waals surface area contributed by atoms with E-state index in [4.69, 9.17) is 11.6 Å². The van der Waals surface area contributed by atoms with Gasteiger partial charge in [0.25, 0.3) is 0 Å². The summed E-state index contributed by atoms with van der Waals surface area (Å²) in [5, 5.41) is 4.26. The van der Waals surface area contributed by atoms with Crippen LogP contribution in [0.25, 0.3) is 0 Å². The molecule has 20 heavy (non-hydrogen) atoms. The zero-order chi connectivity index (χ0) is 14.4. The van der Waals surface area contributed by atoms with Crippen molar-refractivity contribution in [2.45, 2.75) is 31.2 Å². The Bertz CT molecular complexity index is 481. The molecule has 0 radical (unpaired) electrons. The Morgan fingerprint density at radius 1 is 1.45 bits per heavy atom. The molecule has 3 nitrogen and oxygen atoms in total. The molecule has 2 atom stereocenters. The second kappa shape index (κ2) is 7.46. The number of hydrogen-bond acceptors (Lipinski definition) is 3. The van der Waals surface area contributed by atoms with E-state index in [1.165, 1.54) is 26.0 Å². The topological polar surface area (TPSA) is 38.3 Å². The highest BCUT2D eigenvalue weighted by Gasteiger charge is 2.24. The Kier molecular flexibility index (Phi) is 5.62. The zero-order valence-electron chi connectivity index (χ0n) is 11.6. The minimum atomic E-state index is -0.335. The molecule has 1 aromatic carbocycles. The third-order valence-electron chi connectivity index (χ3n) is 3.69. The summed E-state index contributed by atoms with van der Waals surface area (Å²) in [5.41, 5.74) is 1.05. The van der Waals surface area contributed by atoms with Crippen LogP contribution in [0.3, 0.4) is 0 Å². The average molecular weight is 294 g/mol. The van der Waals surface area contributed by atoms with Gasteiger partial charge in [0.2, 0.25) is 0 Å². The minimum absolute atomic E-state index is 0.0862. The van der Waals surface area contributed by atoms with Crippen LogP contribution in [0.4, 0.5) is 0 Å². The lowest BCUT2D eigenvalue weighted by molar-refractivity contribution is -0.134. The molecular weight excluding hydrogens is 274 g/mol. The Labute approximate surface area is 125 Å². The van der Waals surface area contributed by atoms with Gasteiger partial charge < -0.3 is 10.1 Å². The van der Waals surface area contributed by atoms with Crippen molar-refractivity contribution in [1.82, 2.24) is 5.32 Å². The van der Waals surface area contributed by atoms with Gasteiger partial charge in [0.15, 0.2) is 0 Å². The van der Waals surface area contributed by atoms with Crippen LogP contribution in [0.15, 0.2) is 36.4 Å². The summed E-state index contributed by atoms with van der Waals surface area (Å²) >= 11 is 6.31. The molecule has 1 fully saturated rings. The van der Waals surface area contributed by atoms with Crippen LogP contribution in [0, 0.1) is 0 Å². The maximum Gasteiger partial charge on any atom is 0.330 e. The molecule has 0 aliphatic carbocycles. The summed E-state index contributed by atoms with van der Waals surface area (Å²) < 4.78 is 4.67. The Balaban J connectivity index is 2.25. The van der Waals surface area contributed by atoms with Crippen LogP contribution < -0.4 is 5.32 Å². The van der Waals surface area contributed by atoms with E-state index in [9.17, 15) is 4.79 Å². The molecule has 1 aromatic rings. The normalized spacial score (nSPS) is 20.8. The summed E-state index contributed by atoms with van der Waals surface area (Å²) in [4.78, 5) is 11.4. The second-order valence-corrected chi connectivity index (χ2v) is 5.39. The first-order valence-electron chi connectivity index (χ1n) is 6.96. The Morgan fingerprint density at radius 3 is 2.90 bits per heavy atom. The fourth-order valence-electron chi connectivity index (χ4n) is 2.64. The number of halogens is 1. The van der Waals surface area contributed by atoms with Crippen molar-refractivity contribution >= 4 is 17.6 Å². The lowest BCUT2D eigenvalue weighted by Gasteiger charge is -2.30. The maximum absolute atomic E-state index is 11.4. The lowest BCUT2D eigenvalue weighted by atomic mass is 9.86. The SMILES string of the molecule is COC(=O)/C=C/[C@H](c1ccccc1Cl)[C@H]1CCCCN1. The first-order valence-corrected chi connectivity index (χ1v) is 7.34. The first kappa shape index (κ1) is 15.1. The van der Waals surface area contributed by atoms with Crippen LogP contribution in [-0.2, 0) is 9.53 Å². The highest BCUT2D eigenvalue weighted by Crippen LogP contribution is 2.31. The molecule has 1 aliphatic rings. The maximum atomic E-state index is 11.4. The van der Waals surface area contributed by atoms with Crippen LogP contribution >= 0.6 is 11.6 Å². The summed E-state index contributed by atoms with van der Waals surface area (Å²) in [6.45, 7) is 1.01. The third kappa shape index (κ3) is 3.84. The molecule has 1 saturated heterocycles. The van der Waals surface area contributed by atoms with Gasteiger partial charge in [-0.1, -0.05) is 42.3 Å². The largest absolute Gasteiger partial charge is 0.466 e. The van der Waals surface area contributed by atoms with Gasteiger partial charge in [-0.05, 0) is 31.0 Å². The van der Waals surface area contributed by atoms with Gasteiger partial charge in [0, 0.05) is 23.1 Å². The van der Waals surface area contributed by atoms with Gasteiger partial charge in [-0.2, -0.15) is 0 Å². The van der Waals surface area contributed by atoms with Gasteiger partial charge in [-0.25, -0.2) is 4.79 Å². The fourth-order valence-corrected chi connectivity index (χ4v) is 2.90. The summed E-state index contributed by atoms with van der Waals surface area (Å²) in [5.74, 6) is -0.249. The molecule has 2 rings (SSSR count). The van der Waals surface area contributed by atoms with E-state index in [1.807, 2.05) is 30.3 Å². The smallest absolute Gasteiger partial charge is 0.330 e. The molecule has 0 amide bonds. The van der Waals surface area contributed by atoms with E-state index in [2.05, 4.69) is 10.1 Å². The summed E-state index contributed by atoms with van der Waals surface area (Å²) in [6, 6.07) is 8.11.